The topological polar surface area (TPSA) is 141 Å². The summed E-state index contributed by atoms with van der Waals surface area (Å²) >= 11 is 0. The number of esters is 1. The van der Waals surface area contributed by atoms with Crippen molar-refractivity contribution in [3.63, 3.8) is 0 Å². The number of hydrogen-bond donors (Lipinski definition) is 3. The van der Waals surface area contributed by atoms with Gasteiger partial charge in [0, 0.05) is 18.4 Å². The smallest absolute Gasteiger partial charge is 0.309 e. The fraction of sp³-hybridized carbons (Fsp3) is 0.878. The van der Waals surface area contributed by atoms with E-state index in [1.165, 1.54) is 12.7 Å². The summed E-state index contributed by atoms with van der Waals surface area (Å²) < 4.78 is 21.1. The van der Waals surface area contributed by atoms with Crippen molar-refractivity contribution in [1.29, 1.82) is 0 Å². The molecule has 4 saturated carbocycles. The standard InChI is InChI=1S/C41H67NO9/c1-36(2)27(34(45)42-18-20-50-22-24-51-23-21-49-19-11-32(44)48-8)9-12-39(5)31(36)10-13-41(7)33(39)30(43)25-28-29-26-38(4,35(46)47)15-14-37(29,3)16-17-40(28,41)6/h25,27,29-31,33,43H,9-24,26H2,1-8H3,(H,42,45)(H,46,47)/t27-,29+,30?,31+,33-,37-,38+,39+,40-,41-/m1/s1. The number of allylic oxidation sites excluding steroid dienone is 1. The minimum Gasteiger partial charge on any atom is -0.481 e. The fourth-order valence-corrected chi connectivity index (χ4v) is 12.3. The summed E-state index contributed by atoms with van der Waals surface area (Å²) in [5, 5.41) is 25.6. The lowest BCUT2D eigenvalue weighted by Gasteiger charge is -2.72. The maximum absolute atomic E-state index is 13.7. The van der Waals surface area contributed by atoms with E-state index in [0.29, 0.717) is 59.0 Å². The number of fused-ring (bicyclic) bond motifs is 7. The van der Waals surface area contributed by atoms with E-state index in [2.05, 4.69) is 57.7 Å². The normalized spacial score (nSPS) is 41.2. The highest BCUT2D eigenvalue weighted by molar-refractivity contribution is 5.79. The lowest BCUT2D eigenvalue weighted by molar-refractivity contribution is -0.216. The van der Waals surface area contributed by atoms with Crippen LogP contribution in [0.4, 0.5) is 0 Å². The molecule has 10 atom stereocenters. The lowest BCUT2D eigenvalue weighted by atomic mass is 9.33. The highest BCUT2D eigenvalue weighted by Gasteiger charge is 2.70. The van der Waals surface area contributed by atoms with Crippen LogP contribution in [0, 0.1) is 56.2 Å². The van der Waals surface area contributed by atoms with Gasteiger partial charge in [-0.05, 0) is 104 Å². The third-order valence-corrected chi connectivity index (χ3v) is 15.6. The molecule has 5 aliphatic carbocycles. The number of carbonyl (C=O) groups excluding carboxylic acids is 2. The van der Waals surface area contributed by atoms with Crippen LogP contribution in [0.25, 0.3) is 0 Å². The van der Waals surface area contributed by atoms with Crippen LogP contribution in [-0.2, 0) is 33.3 Å². The van der Waals surface area contributed by atoms with E-state index in [1.54, 1.807) is 0 Å². The molecule has 0 bridgehead atoms. The molecule has 0 saturated heterocycles. The molecule has 0 aromatic carbocycles. The van der Waals surface area contributed by atoms with Crippen LogP contribution in [0.2, 0.25) is 0 Å². The summed E-state index contributed by atoms with van der Waals surface area (Å²) in [4.78, 5) is 37.2. The largest absolute Gasteiger partial charge is 0.481 e. The third-order valence-electron chi connectivity index (χ3n) is 15.6. The van der Waals surface area contributed by atoms with Crippen molar-refractivity contribution in [3.8, 4) is 0 Å². The summed E-state index contributed by atoms with van der Waals surface area (Å²) in [6, 6.07) is 0. The molecular weight excluding hydrogens is 650 g/mol. The van der Waals surface area contributed by atoms with Crippen LogP contribution in [0.1, 0.15) is 113 Å². The average Bonchev–Trinajstić information content (AvgIpc) is 3.06. The summed E-state index contributed by atoms with van der Waals surface area (Å²) in [5.74, 6) is -0.492. The quantitative estimate of drug-likeness (QED) is 0.109. The van der Waals surface area contributed by atoms with Gasteiger partial charge in [0.05, 0.1) is 64.7 Å². The van der Waals surface area contributed by atoms with Crippen LogP contribution in [0.15, 0.2) is 11.6 Å². The van der Waals surface area contributed by atoms with Crippen LogP contribution in [0.3, 0.4) is 0 Å². The molecule has 4 fully saturated rings. The van der Waals surface area contributed by atoms with Crippen molar-refractivity contribution in [3.05, 3.63) is 11.6 Å². The van der Waals surface area contributed by atoms with E-state index >= 15 is 0 Å². The molecule has 0 radical (unpaired) electrons. The molecule has 1 amide bonds. The Morgan fingerprint density at radius 2 is 1.45 bits per heavy atom. The first kappa shape index (κ1) is 40.2. The van der Waals surface area contributed by atoms with E-state index in [0.717, 1.165) is 44.9 Å². The number of methoxy groups -OCH3 is 1. The molecule has 51 heavy (non-hydrogen) atoms. The highest BCUT2D eigenvalue weighted by Crippen LogP contribution is 2.76. The molecule has 0 aromatic heterocycles. The Labute approximate surface area is 306 Å². The first-order chi connectivity index (χ1) is 23.9. The predicted octanol–water partition coefficient (Wildman–Crippen LogP) is 6.19. The maximum Gasteiger partial charge on any atom is 0.309 e. The van der Waals surface area contributed by atoms with E-state index in [9.17, 15) is 24.6 Å². The van der Waals surface area contributed by atoms with Crippen molar-refractivity contribution in [2.75, 3.05) is 53.3 Å². The van der Waals surface area contributed by atoms with Crippen molar-refractivity contribution in [2.45, 2.75) is 119 Å². The van der Waals surface area contributed by atoms with E-state index in [4.69, 9.17) is 14.2 Å². The number of carboxylic acid groups (broad SMARTS) is 1. The number of amides is 1. The third kappa shape index (κ3) is 7.17. The molecule has 1 unspecified atom stereocenters. The maximum atomic E-state index is 13.7. The van der Waals surface area contributed by atoms with Crippen molar-refractivity contribution < 1.29 is 43.5 Å². The number of aliphatic hydroxyl groups is 1. The summed E-state index contributed by atoms with van der Waals surface area (Å²) in [7, 11) is 1.35. The molecular formula is C41H67NO9. The second-order valence-corrected chi connectivity index (χ2v) is 18.6. The second-order valence-electron chi connectivity index (χ2n) is 18.6. The Morgan fingerprint density at radius 3 is 2.10 bits per heavy atom. The number of carboxylic acids is 1. The molecule has 5 aliphatic rings. The van der Waals surface area contributed by atoms with Gasteiger partial charge in [0.1, 0.15) is 0 Å². The number of ether oxygens (including phenoxy) is 4. The summed E-state index contributed by atoms with van der Waals surface area (Å²) in [6.07, 6.45) is 9.98. The van der Waals surface area contributed by atoms with Gasteiger partial charge in [0.2, 0.25) is 5.91 Å². The first-order valence-electron chi connectivity index (χ1n) is 19.6. The van der Waals surface area contributed by atoms with Crippen LogP contribution < -0.4 is 5.32 Å². The van der Waals surface area contributed by atoms with Gasteiger partial charge >= 0.3 is 11.9 Å². The van der Waals surface area contributed by atoms with E-state index < -0.39 is 17.5 Å². The Bertz CT molecular complexity index is 1330. The highest BCUT2D eigenvalue weighted by atomic mass is 16.5. The van der Waals surface area contributed by atoms with Gasteiger partial charge in [-0.2, -0.15) is 0 Å². The summed E-state index contributed by atoms with van der Waals surface area (Å²) in [6.45, 7) is 18.9. The molecule has 0 heterocycles. The Kier molecular flexibility index (Phi) is 11.8. The summed E-state index contributed by atoms with van der Waals surface area (Å²) in [5.41, 5.74) is 0.0765. The zero-order valence-electron chi connectivity index (χ0n) is 32.7. The molecule has 10 heteroatoms. The van der Waals surface area contributed by atoms with E-state index in [-0.39, 0.29) is 69.0 Å². The number of rotatable bonds is 14. The number of aliphatic carboxylic acids is 1. The van der Waals surface area contributed by atoms with Crippen molar-refractivity contribution in [1.82, 2.24) is 5.32 Å². The van der Waals surface area contributed by atoms with Crippen molar-refractivity contribution >= 4 is 17.8 Å². The number of nitrogens with one attached hydrogen (secondary N) is 1. The fourth-order valence-electron chi connectivity index (χ4n) is 12.3. The molecule has 290 valence electrons. The van der Waals surface area contributed by atoms with Crippen LogP contribution in [-0.4, -0.2) is 87.5 Å². The number of aliphatic hydroxyl groups excluding tert-OH is 1. The minimum absolute atomic E-state index is 0.0699. The molecule has 3 N–H and O–H groups in total. The molecule has 5 rings (SSSR count). The molecule has 0 spiro atoms. The van der Waals surface area contributed by atoms with Gasteiger partial charge in [-0.25, -0.2) is 0 Å². The van der Waals surface area contributed by atoms with Crippen LogP contribution >= 0.6 is 0 Å². The van der Waals surface area contributed by atoms with Gasteiger partial charge in [0.25, 0.3) is 0 Å². The predicted molar refractivity (Wildman–Crippen MR) is 194 cm³/mol. The second kappa shape index (κ2) is 15.0. The van der Waals surface area contributed by atoms with Gasteiger partial charge in [0.15, 0.2) is 0 Å². The Morgan fingerprint density at radius 1 is 0.824 bits per heavy atom. The molecule has 10 nitrogen and oxygen atoms in total. The SMILES string of the molecule is COC(=O)CCOCCOCCOCCNC(=O)[C@H]1CC[C@]2(C)[C@H]3C(O)C=C4[C@@H]5C[C@@](C)(C(=O)O)CC[C@]5(C)CC[C@@]4(C)[C@]3(C)CC[C@H]2C1(C)C. The molecule has 0 aliphatic heterocycles. The van der Waals surface area contributed by atoms with Gasteiger partial charge in [-0.1, -0.05) is 53.2 Å². The van der Waals surface area contributed by atoms with Crippen LogP contribution in [0.5, 0.6) is 0 Å². The molecule has 0 aromatic rings. The Hall–Kier alpha value is -2.01. The number of hydrogen-bond acceptors (Lipinski definition) is 8. The zero-order valence-corrected chi connectivity index (χ0v) is 32.7. The van der Waals surface area contributed by atoms with E-state index in [1.807, 2.05) is 6.92 Å². The van der Waals surface area contributed by atoms with Gasteiger partial charge < -0.3 is 34.5 Å². The van der Waals surface area contributed by atoms with Gasteiger partial charge in [-0.3, -0.25) is 14.4 Å². The monoisotopic (exact) mass is 717 g/mol. The minimum atomic E-state index is -0.732. The average molecular weight is 718 g/mol. The van der Waals surface area contributed by atoms with Crippen molar-refractivity contribution in [2.24, 2.45) is 56.2 Å². The number of carbonyl (C=O) groups is 3. The Balaban J connectivity index is 1.18. The first-order valence-corrected chi connectivity index (χ1v) is 19.6. The lowest BCUT2D eigenvalue weighted by Crippen LogP contribution is -2.67. The zero-order chi connectivity index (χ0) is 37.5. The van der Waals surface area contributed by atoms with Gasteiger partial charge in [-0.15, -0.1) is 0 Å².